The van der Waals surface area contributed by atoms with Gasteiger partial charge in [-0.2, -0.15) is 0 Å². The first-order valence-electron chi connectivity index (χ1n) is 7.69. The molecular formula is C17H25N. The van der Waals surface area contributed by atoms with Gasteiger partial charge < -0.3 is 5.32 Å². The maximum Gasteiger partial charge on any atom is 0.0208 e. The molecule has 1 nitrogen and oxygen atoms in total. The number of benzene rings is 1. The lowest BCUT2D eigenvalue weighted by molar-refractivity contribution is 0.143. The molecule has 1 heteroatoms. The summed E-state index contributed by atoms with van der Waals surface area (Å²) >= 11 is 0. The van der Waals surface area contributed by atoms with E-state index in [4.69, 9.17) is 0 Å². The van der Waals surface area contributed by atoms with Crippen LogP contribution in [0.25, 0.3) is 0 Å². The van der Waals surface area contributed by atoms with Gasteiger partial charge in [0.1, 0.15) is 0 Å². The fraction of sp³-hybridized carbons (Fsp3) is 0.647. The molecule has 2 aliphatic carbocycles. The second-order valence-electron chi connectivity index (χ2n) is 6.18. The van der Waals surface area contributed by atoms with Gasteiger partial charge >= 0.3 is 0 Å². The van der Waals surface area contributed by atoms with E-state index in [-0.39, 0.29) is 0 Å². The highest BCUT2D eigenvalue weighted by molar-refractivity contribution is 5.14. The SMILES string of the molecule is c1ccc(CN[C@H]2CC[C@H]3CCCC[C@H]3C2)cc1. The number of fused-ring (bicyclic) bond motifs is 1. The van der Waals surface area contributed by atoms with Crippen molar-refractivity contribution in [3.05, 3.63) is 35.9 Å². The van der Waals surface area contributed by atoms with Crippen molar-refractivity contribution in [1.29, 1.82) is 0 Å². The molecule has 0 radical (unpaired) electrons. The van der Waals surface area contributed by atoms with E-state index in [1.807, 2.05) is 0 Å². The Morgan fingerprint density at radius 2 is 1.67 bits per heavy atom. The third-order valence-electron chi connectivity index (χ3n) is 4.98. The van der Waals surface area contributed by atoms with E-state index in [0.717, 1.165) is 24.4 Å². The molecule has 18 heavy (non-hydrogen) atoms. The minimum atomic E-state index is 0.768. The van der Waals surface area contributed by atoms with Crippen LogP contribution >= 0.6 is 0 Å². The van der Waals surface area contributed by atoms with Crippen molar-refractivity contribution in [3.63, 3.8) is 0 Å². The Morgan fingerprint density at radius 1 is 0.889 bits per heavy atom. The molecule has 0 saturated heterocycles. The van der Waals surface area contributed by atoms with Crippen molar-refractivity contribution in [3.8, 4) is 0 Å². The molecule has 1 aromatic rings. The summed E-state index contributed by atoms with van der Waals surface area (Å²) in [6.45, 7) is 1.04. The third kappa shape index (κ3) is 2.95. The van der Waals surface area contributed by atoms with Crippen LogP contribution in [0.4, 0.5) is 0 Å². The van der Waals surface area contributed by atoms with Gasteiger partial charge in [0, 0.05) is 12.6 Å². The molecule has 2 aliphatic rings. The average molecular weight is 243 g/mol. The smallest absolute Gasteiger partial charge is 0.0208 e. The molecule has 0 unspecified atom stereocenters. The fourth-order valence-electron chi connectivity index (χ4n) is 3.92. The minimum absolute atomic E-state index is 0.768. The van der Waals surface area contributed by atoms with Crippen LogP contribution in [0.2, 0.25) is 0 Å². The van der Waals surface area contributed by atoms with E-state index >= 15 is 0 Å². The summed E-state index contributed by atoms with van der Waals surface area (Å²) in [6, 6.07) is 11.6. The Balaban J connectivity index is 1.49. The molecule has 1 aromatic carbocycles. The Bertz CT molecular complexity index is 359. The normalized spacial score (nSPS) is 31.9. The first kappa shape index (κ1) is 12.2. The van der Waals surface area contributed by atoms with Gasteiger partial charge in [-0.15, -0.1) is 0 Å². The summed E-state index contributed by atoms with van der Waals surface area (Å²) in [5.41, 5.74) is 1.42. The summed E-state index contributed by atoms with van der Waals surface area (Å²) in [7, 11) is 0. The molecule has 0 aromatic heterocycles. The number of rotatable bonds is 3. The predicted molar refractivity (Wildman–Crippen MR) is 76.4 cm³/mol. The highest BCUT2D eigenvalue weighted by atomic mass is 14.9. The third-order valence-corrected chi connectivity index (χ3v) is 4.98. The van der Waals surface area contributed by atoms with E-state index in [2.05, 4.69) is 35.6 Å². The van der Waals surface area contributed by atoms with Gasteiger partial charge in [0.05, 0.1) is 0 Å². The van der Waals surface area contributed by atoms with E-state index in [0.29, 0.717) is 0 Å². The highest BCUT2D eigenvalue weighted by Gasteiger charge is 2.31. The fourth-order valence-corrected chi connectivity index (χ4v) is 3.92. The molecule has 0 heterocycles. The van der Waals surface area contributed by atoms with Crippen LogP contribution in [0.5, 0.6) is 0 Å². The average Bonchev–Trinajstić information content (AvgIpc) is 2.46. The van der Waals surface area contributed by atoms with Gasteiger partial charge in [0.15, 0.2) is 0 Å². The summed E-state index contributed by atoms with van der Waals surface area (Å²) in [5.74, 6) is 2.09. The van der Waals surface area contributed by atoms with Gasteiger partial charge in [-0.25, -0.2) is 0 Å². The molecule has 2 fully saturated rings. The lowest BCUT2D eigenvalue weighted by atomic mass is 9.69. The molecule has 3 rings (SSSR count). The molecule has 1 N–H and O–H groups in total. The Kier molecular flexibility index (Phi) is 3.99. The largest absolute Gasteiger partial charge is 0.310 e. The second kappa shape index (κ2) is 5.88. The topological polar surface area (TPSA) is 12.0 Å². The van der Waals surface area contributed by atoms with Gasteiger partial charge in [-0.3, -0.25) is 0 Å². The van der Waals surface area contributed by atoms with Crippen LogP contribution in [0, 0.1) is 11.8 Å². The van der Waals surface area contributed by atoms with Crippen LogP contribution in [-0.2, 0) is 6.54 Å². The van der Waals surface area contributed by atoms with E-state index < -0.39 is 0 Å². The molecule has 98 valence electrons. The van der Waals surface area contributed by atoms with Crippen molar-refractivity contribution < 1.29 is 0 Å². The summed E-state index contributed by atoms with van der Waals surface area (Å²) in [6.07, 6.45) is 10.3. The predicted octanol–water partition coefficient (Wildman–Crippen LogP) is 4.14. The lowest BCUT2D eigenvalue weighted by Crippen LogP contribution is -2.38. The van der Waals surface area contributed by atoms with Crippen molar-refractivity contribution in [2.45, 2.75) is 57.5 Å². The Morgan fingerprint density at radius 3 is 2.50 bits per heavy atom. The summed E-state index contributed by atoms with van der Waals surface area (Å²) in [5, 5.41) is 3.77. The maximum atomic E-state index is 3.77. The van der Waals surface area contributed by atoms with Gasteiger partial charge in [0.25, 0.3) is 0 Å². The minimum Gasteiger partial charge on any atom is -0.310 e. The Labute approximate surface area is 111 Å². The van der Waals surface area contributed by atoms with Gasteiger partial charge in [0.2, 0.25) is 0 Å². The molecule has 3 atom stereocenters. The van der Waals surface area contributed by atoms with Crippen LogP contribution < -0.4 is 5.32 Å². The first-order chi connectivity index (χ1) is 8.92. The van der Waals surface area contributed by atoms with Crippen molar-refractivity contribution in [2.24, 2.45) is 11.8 Å². The maximum absolute atomic E-state index is 3.77. The molecule has 2 saturated carbocycles. The highest BCUT2D eigenvalue weighted by Crippen LogP contribution is 2.40. The zero-order valence-corrected chi connectivity index (χ0v) is 11.3. The lowest BCUT2D eigenvalue weighted by Gasteiger charge is -2.39. The molecular weight excluding hydrogens is 218 g/mol. The molecule has 0 amide bonds. The van der Waals surface area contributed by atoms with Crippen LogP contribution in [0.1, 0.15) is 50.5 Å². The summed E-state index contributed by atoms with van der Waals surface area (Å²) < 4.78 is 0. The number of hydrogen-bond donors (Lipinski definition) is 1. The zero-order chi connectivity index (χ0) is 12.2. The van der Waals surface area contributed by atoms with Crippen molar-refractivity contribution in [2.75, 3.05) is 0 Å². The second-order valence-corrected chi connectivity index (χ2v) is 6.18. The standard InChI is InChI=1S/C17H25N/c1-2-6-14(7-3-1)13-18-17-11-10-15-8-4-5-9-16(15)12-17/h1-3,6-7,15-18H,4-5,8-13H2/t15-,16+,17+/m1/s1. The zero-order valence-electron chi connectivity index (χ0n) is 11.3. The van der Waals surface area contributed by atoms with Crippen molar-refractivity contribution in [1.82, 2.24) is 5.32 Å². The van der Waals surface area contributed by atoms with Gasteiger partial charge in [-0.05, 0) is 36.7 Å². The Hall–Kier alpha value is -0.820. The van der Waals surface area contributed by atoms with Crippen LogP contribution in [0.3, 0.4) is 0 Å². The molecule has 0 bridgehead atoms. The van der Waals surface area contributed by atoms with Crippen LogP contribution in [-0.4, -0.2) is 6.04 Å². The van der Waals surface area contributed by atoms with E-state index in [1.165, 1.54) is 50.5 Å². The molecule has 0 aliphatic heterocycles. The quantitative estimate of drug-likeness (QED) is 0.841. The monoisotopic (exact) mass is 243 g/mol. The van der Waals surface area contributed by atoms with E-state index in [9.17, 15) is 0 Å². The van der Waals surface area contributed by atoms with Crippen molar-refractivity contribution >= 4 is 0 Å². The van der Waals surface area contributed by atoms with E-state index in [1.54, 1.807) is 0 Å². The first-order valence-corrected chi connectivity index (χ1v) is 7.69. The molecule has 0 spiro atoms. The number of hydrogen-bond acceptors (Lipinski definition) is 1. The van der Waals surface area contributed by atoms with Crippen LogP contribution in [0.15, 0.2) is 30.3 Å². The summed E-state index contributed by atoms with van der Waals surface area (Å²) in [4.78, 5) is 0. The van der Waals surface area contributed by atoms with Gasteiger partial charge in [-0.1, -0.05) is 56.0 Å². The number of nitrogens with one attached hydrogen (secondary N) is 1.